The standard InChI is InChI=1S/C15H20ClN3O2/c1-10(2)17-15(20)19(3)9-13-8-14(18-21-13)11-4-6-12(16)7-5-11/h4-7,10,13H,8-9H2,1-3H3,(H,17,20)/t13-/m0/s1. The fraction of sp³-hybridized carbons (Fsp3) is 0.467. The van der Waals surface area contributed by atoms with Crippen molar-refractivity contribution in [2.75, 3.05) is 13.6 Å². The zero-order chi connectivity index (χ0) is 15.4. The van der Waals surface area contributed by atoms with E-state index in [2.05, 4.69) is 10.5 Å². The van der Waals surface area contributed by atoms with Gasteiger partial charge in [0.15, 0.2) is 6.10 Å². The third-order valence-electron chi connectivity index (χ3n) is 3.15. The van der Waals surface area contributed by atoms with Crippen LogP contribution in [0.5, 0.6) is 0 Å². The van der Waals surface area contributed by atoms with Crippen LogP contribution in [0.4, 0.5) is 4.79 Å². The summed E-state index contributed by atoms with van der Waals surface area (Å²) in [5.41, 5.74) is 1.88. The van der Waals surface area contributed by atoms with E-state index in [4.69, 9.17) is 16.4 Å². The highest BCUT2D eigenvalue weighted by atomic mass is 35.5. The number of nitrogens with zero attached hydrogens (tertiary/aromatic N) is 2. The summed E-state index contributed by atoms with van der Waals surface area (Å²) in [6, 6.07) is 7.51. The second-order valence-corrected chi connectivity index (χ2v) is 5.90. The molecule has 1 aromatic rings. The second kappa shape index (κ2) is 6.80. The van der Waals surface area contributed by atoms with Gasteiger partial charge in [0.25, 0.3) is 0 Å². The predicted molar refractivity (Wildman–Crippen MR) is 83.8 cm³/mol. The number of carbonyl (C=O) groups is 1. The van der Waals surface area contributed by atoms with Gasteiger partial charge in [-0.1, -0.05) is 28.9 Å². The molecule has 1 aliphatic rings. The number of hydrogen-bond donors (Lipinski definition) is 1. The number of urea groups is 1. The van der Waals surface area contributed by atoms with Gasteiger partial charge in [-0.15, -0.1) is 0 Å². The summed E-state index contributed by atoms with van der Waals surface area (Å²) in [4.78, 5) is 18.9. The molecule has 0 saturated heterocycles. The Morgan fingerprint density at radius 2 is 2.14 bits per heavy atom. The van der Waals surface area contributed by atoms with E-state index in [0.717, 1.165) is 11.3 Å². The van der Waals surface area contributed by atoms with Crippen LogP contribution in [0.1, 0.15) is 25.8 Å². The van der Waals surface area contributed by atoms with Crippen molar-refractivity contribution in [2.45, 2.75) is 32.4 Å². The van der Waals surface area contributed by atoms with Crippen molar-refractivity contribution < 1.29 is 9.63 Å². The Hall–Kier alpha value is -1.75. The summed E-state index contributed by atoms with van der Waals surface area (Å²) >= 11 is 5.87. The van der Waals surface area contributed by atoms with Crippen molar-refractivity contribution in [3.8, 4) is 0 Å². The molecule has 5 nitrogen and oxygen atoms in total. The molecule has 2 rings (SSSR count). The maximum atomic E-state index is 11.8. The third-order valence-corrected chi connectivity index (χ3v) is 3.40. The van der Waals surface area contributed by atoms with Gasteiger partial charge in [0.1, 0.15) is 0 Å². The molecule has 21 heavy (non-hydrogen) atoms. The van der Waals surface area contributed by atoms with E-state index >= 15 is 0 Å². The van der Waals surface area contributed by atoms with Crippen molar-refractivity contribution in [1.82, 2.24) is 10.2 Å². The normalized spacial score (nSPS) is 17.4. The monoisotopic (exact) mass is 309 g/mol. The van der Waals surface area contributed by atoms with E-state index in [1.165, 1.54) is 0 Å². The number of rotatable bonds is 4. The summed E-state index contributed by atoms with van der Waals surface area (Å²) in [5, 5.41) is 7.64. The molecule has 2 amide bonds. The third kappa shape index (κ3) is 4.36. The van der Waals surface area contributed by atoms with Crippen LogP contribution < -0.4 is 5.32 Å². The van der Waals surface area contributed by atoms with Crippen LogP contribution in [0.15, 0.2) is 29.4 Å². The number of oxime groups is 1. The van der Waals surface area contributed by atoms with Gasteiger partial charge in [-0.05, 0) is 31.5 Å². The van der Waals surface area contributed by atoms with Crippen LogP contribution in [-0.4, -0.2) is 42.4 Å². The molecule has 0 aromatic heterocycles. The Kier molecular flexibility index (Phi) is 5.07. The second-order valence-electron chi connectivity index (χ2n) is 5.46. The van der Waals surface area contributed by atoms with Crippen LogP contribution in [0.25, 0.3) is 0 Å². The summed E-state index contributed by atoms with van der Waals surface area (Å²) in [5.74, 6) is 0. The van der Waals surface area contributed by atoms with Gasteiger partial charge < -0.3 is 15.1 Å². The molecule has 1 heterocycles. The highest BCUT2D eigenvalue weighted by Gasteiger charge is 2.25. The fourth-order valence-electron chi connectivity index (χ4n) is 2.08. The molecular formula is C15H20ClN3O2. The van der Waals surface area contributed by atoms with Crippen molar-refractivity contribution >= 4 is 23.3 Å². The average molecular weight is 310 g/mol. The molecule has 0 radical (unpaired) electrons. The first-order valence-corrected chi connectivity index (χ1v) is 7.33. The highest BCUT2D eigenvalue weighted by molar-refractivity contribution is 6.30. The molecule has 0 fully saturated rings. The lowest BCUT2D eigenvalue weighted by Crippen LogP contribution is -2.43. The fourth-order valence-corrected chi connectivity index (χ4v) is 2.21. The largest absolute Gasteiger partial charge is 0.390 e. The molecule has 0 saturated carbocycles. The first kappa shape index (κ1) is 15.6. The number of nitrogens with one attached hydrogen (secondary N) is 1. The van der Waals surface area contributed by atoms with Gasteiger partial charge in [-0.3, -0.25) is 0 Å². The Morgan fingerprint density at radius 3 is 2.76 bits per heavy atom. The van der Waals surface area contributed by atoms with Crippen LogP contribution in [0.2, 0.25) is 5.02 Å². The average Bonchev–Trinajstić information content (AvgIpc) is 2.87. The summed E-state index contributed by atoms with van der Waals surface area (Å²) in [6.45, 7) is 4.36. The Morgan fingerprint density at radius 1 is 1.48 bits per heavy atom. The minimum absolute atomic E-state index is 0.103. The summed E-state index contributed by atoms with van der Waals surface area (Å²) < 4.78 is 0. The lowest BCUT2D eigenvalue weighted by Gasteiger charge is -2.21. The lowest BCUT2D eigenvalue weighted by atomic mass is 10.1. The topological polar surface area (TPSA) is 53.9 Å². The number of carbonyl (C=O) groups excluding carboxylic acids is 1. The Bertz CT molecular complexity index is 528. The molecule has 0 bridgehead atoms. The van der Waals surface area contributed by atoms with Crippen LogP contribution in [-0.2, 0) is 4.84 Å². The van der Waals surface area contributed by atoms with E-state index in [1.807, 2.05) is 38.1 Å². The number of halogens is 1. The SMILES string of the molecule is CC(C)NC(=O)N(C)C[C@@H]1CC(c2ccc(Cl)cc2)=NO1. The quantitative estimate of drug-likeness (QED) is 0.930. The number of likely N-dealkylation sites (N-methyl/N-ethyl adjacent to an activating group) is 1. The van der Waals surface area contributed by atoms with E-state index in [1.54, 1.807) is 11.9 Å². The highest BCUT2D eigenvalue weighted by Crippen LogP contribution is 2.19. The van der Waals surface area contributed by atoms with Crippen molar-refractivity contribution in [3.05, 3.63) is 34.9 Å². The van der Waals surface area contributed by atoms with Crippen molar-refractivity contribution in [3.63, 3.8) is 0 Å². The molecule has 1 aromatic carbocycles. The minimum atomic E-state index is -0.112. The maximum Gasteiger partial charge on any atom is 0.317 e. The van der Waals surface area contributed by atoms with E-state index in [0.29, 0.717) is 18.0 Å². The number of amides is 2. The van der Waals surface area contributed by atoms with Crippen LogP contribution in [0.3, 0.4) is 0 Å². The minimum Gasteiger partial charge on any atom is -0.390 e. The zero-order valence-electron chi connectivity index (χ0n) is 12.5. The summed E-state index contributed by atoms with van der Waals surface area (Å²) in [6.07, 6.45) is 0.569. The molecular weight excluding hydrogens is 290 g/mol. The van der Waals surface area contributed by atoms with Gasteiger partial charge in [-0.2, -0.15) is 0 Å². The molecule has 1 N–H and O–H groups in total. The Labute approximate surface area is 129 Å². The first-order chi connectivity index (χ1) is 9.95. The van der Waals surface area contributed by atoms with Gasteiger partial charge >= 0.3 is 6.03 Å². The molecule has 1 atom stereocenters. The first-order valence-electron chi connectivity index (χ1n) is 6.96. The molecule has 114 valence electrons. The van der Waals surface area contributed by atoms with Gasteiger partial charge in [0.05, 0.1) is 12.3 Å². The van der Waals surface area contributed by atoms with Crippen molar-refractivity contribution in [2.24, 2.45) is 5.16 Å². The molecule has 6 heteroatoms. The van der Waals surface area contributed by atoms with E-state index in [9.17, 15) is 4.79 Å². The molecule has 0 spiro atoms. The number of benzene rings is 1. The van der Waals surface area contributed by atoms with E-state index in [-0.39, 0.29) is 18.2 Å². The smallest absolute Gasteiger partial charge is 0.317 e. The van der Waals surface area contributed by atoms with Gasteiger partial charge in [0, 0.05) is 24.5 Å². The van der Waals surface area contributed by atoms with Gasteiger partial charge in [-0.25, -0.2) is 4.79 Å². The molecule has 0 unspecified atom stereocenters. The summed E-state index contributed by atoms with van der Waals surface area (Å²) in [7, 11) is 1.75. The van der Waals surface area contributed by atoms with Crippen molar-refractivity contribution in [1.29, 1.82) is 0 Å². The van der Waals surface area contributed by atoms with Gasteiger partial charge in [0.2, 0.25) is 0 Å². The molecule has 1 aliphatic heterocycles. The predicted octanol–water partition coefficient (Wildman–Crippen LogP) is 2.88. The van der Waals surface area contributed by atoms with Crippen LogP contribution >= 0.6 is 11.6 Å². The van der Waals surface area contributed by atoms with E-state index < -0.39 is 0 Å². The Balaban J connectivity index is 1.87. The van der Waals surface area contributed by atoms with Crippen LogP contribution in [0, 0.1) is 0 Å². The molecule has 0 aliphatic carbocycles. The maximum absolute atomic E-state index is 11.8. The zero-order valence-corrected chi connectivity index (χ0v) is 13.2. The number of hydrogen-bond acceptors (Lipinski definition) is 3. The lowest BCUT2D eigenvalue weighted by molar-refractivity contribution is 0.0655.